The predicted octanol–water partition coefficient (Wildman–Crippen LogP) is 5.16. The molecular formula is C30H33N3O5. The first-order valence-corrected chi connectivity index (χ1v) is 12.9. The zero-order chi connectivity index (χ0) is 26.7. The zero-order valence-corrected chi connectivity index (χ0v) is 21.9. The number of fused-ring (bicyclic) bond motifs is 1. The molecule has 0 aromatic heterocycles. The molecule has 8 heteroatoms. The van der Waals surface area contributed by atoms with Crippen molar-refractivity contribution in [3.8, 4) is 0 Å². The lowest BCUT2D eigenvalue weighted by Gasteiger charge is -2.36. The second kappa shape index (κ2) is 10.9. The van der Waals surface area contributed by atoms with E-state index in [1.54, 1.807) is 19.2 Å². The Kier molecular flexibility index (Phi) is 7.44. The Morgan fingerprint density at radius 1 is 0.895 bits per heavy atom. The summed E-state index contributed by atoms with van der Waals surface area (Å²) in [7, 11) is 1.62. The van der Waals surface area contributed by atoms with Gasteiger partial charge in [0.2, 0.25) is 0 Å². The first-order valence-electron chi connectivity index (χ1n) is 12.9. The SMILES string of the molecule is COC1=N[C@H](Cc2ccccc2)[C@@H]2OC(C)(C)O[C@H]2[C@@H](Cc2ccccc2)N1Cc1cccc([N+](=O)[O-])c1. The summed E-state index contributed by atoms with van der Waals surface area (Å²) in [6.45, 7) is 4.25. The second-order valence-corrected chi connectivity index (χ2v) is 10.2. The van der Waals surface area contributed by atoms with Gasteiger partial charge in [-0.1, -0.05) is 72.8 Å². The number of rotatable bonds is 7. The summed E-state index contributed by atoms with van der Waals surface area (Å²) in [5.41, 5.74) is 3.13. The highest BCUT2D eigenvalue weighted by Gasteiger charge is 2.52. The molecule has 3 aromatic carbocycles. The third-order valence-electron chi connectivity index (χ3n) is 7.08. The molecule has 0 amide bonds. The average molecular weight is 516 g/mol. The molecular weight excluding hydrogens is 482 g/mol. The highest BCUT2D eigenvalue weighted by molar-refractivity contribution is 5.75. The number of nitro groups is 1. The van der Waals surface area contributed by atoms with E-state index in [1.165, 1.54) is 6.07 Å². The lowest BCUT2D eigenvalue weighted by molar-refractivity contribution is -0.384. The third-order valence-corrected chi connectivity index (χ3v) is 7.08. The molecule has 5 rings (SSSR count). The van der Waals surface area contributed by atoms with E-state index < -0.39 is 5.79 Å². The number of non-ortho nitro benzene ring substituents is 1. The summed E-state index contributed by atoms with van der Waals surface area (Å²) >= 11 is 0. The van der Waals surface area contributed by atoms with E-state index in [-0.39, 0.29) is 34.9 Å². The normalized spacial score (nSPS) is 24.3. The number of amidine groups is 1. The van der Waals surface area contributed by atoms with Crippen LogP contribution in [-0.4, -0.2) is 53.0 Å². The number of benzene rings is 3. The van der Waals surface area contributed by atoms with Gasteiger partial charge < -0.3 is 19.1 Å². The highest BCUT2D eigenvalue weighted by atomic mass is 16.8. The van der Waals surface area contributed by atoms with Gasteiger partial charge in [0.25, 0.3) is 11.7 Å². The molecule has 3 aromatic rings. The Hall–Kier alpha value is -3.75. The summed E-state index contributed by atoms with van der Waals surface area (Å²) in [5.74, 6) is -0.781. The summed E-state index contributed by atoms with van der Waals surface area (Å²) < 4.78 is 19.1. The van der Waals surface area contributed by atoms with Crippen molar-refractivity contribution in [2.75, 3.05) is 7.11 Å². The van der Waals surface area contributed by atoms with Crippen LogP contribution in [0.15, 0.2) is 89.9 Å². The van der Waals surface area contributed by atoms with E-state index in [2.05, 4.69) is 29.2 Å². The Bertz CT molecular complexity index is 1280. The molecule has 2 heterocycles. The van der Waals surface area contributed by atoms with Crippen molar-refractivity contribution in [3.63, 3.8) is 0 Å². The minimum Gasteiger partial charge on any atom is -0.468 e. The number of nitro benzene ring substituents is 1. The molecule has 0 radical (unpaired) electrons. The lowest BCUT2D eigenvalue weighted by atomic mass is 9.91. The van der Waals surface area contributed by atoms with Crippen LogP contribution in [0.4, 0.5) is 5.69 Å². The molecule has 1 fully saturated rings. The zero-order valence-electron chi connectivity index (χ0n) is 21.9. The number of hydrogen-bond donors (Lipinski definition) is 0. The molecule has 0 N–H and O–H groups in total. The number of aliphatic imine (C=N–C) groups is 1. The fourth-order valence-corrected chi connectivity index (χ4v) is 5.44. The molecule has 198 valence electrons. The monoisotopic (exact) mass is 515 g/mol. The van der Waals surface area contributed by atoms with Crippen molar-refractivity contribution in [2.24, 2.45) is 4.99 Å². The Morgan fingerprint density at radius 3 is 2.13 bits per heavy atom. The number of ether oxygens (including phenoxy) is 3. The topological polar surface area (TPSA) is 86.4 Å². The molecule has 0 unspecified atom stereocenters. The van der Waals surface area contributed by atoms with Gasteiger partial charge in [0.1, 0.15) is 12.2 Å². The van der Waals surface area contributed by atoms with Gasteiger partial charge in [-0.25, -0.2) is 4.99 Å². The largest absolute Gasteiger partial charge is 0.468 e. The van der Waals surface area contributed by atoms with Crippen LogP contribution in [0.5, 0.6) is 0 Å². The van der Waals surface area contributed by atoms with E-state index in [4.69, 9.17) is 19.2 Å². The molecule has 2 aliphatic rings. The van der Waals surface area contributed by atoms with Crippen molar-refractivity contribution in [3.05, 3.63) is 112 Å². The van der Waals surface area contributed by atoms with Crippen molar-refractivity contribution in [1.82, 2.24) is 4.90 Å². The van der Waals surface area contributed by atoms with Gasteiger partial charge in [-0.05, 0) is 43.4 Å². The summed E-state index contributed by atoms with van der Waals surface area (Å²) in [4.78, 5) is 18.3. The van der Waals surface area contributed by atoms with Crippen LogP contribution in [0.1, 0.15) is 30.5 Å². The fourth-order valence-electron chi connectivity index (χ4n) is 5.44. The van der Waals surface area contributed by atoms with Crippen LogP contribution in [0.3, 0.4) is 0 Å². The molecule has 0 bridgehead atoms. The predicted molar refractivity (Wildman–Crippen MR) is 145 cm³/mol. The van der Waals surface area contributed by atoms with Crippen LogP contribution in [0, 0.1) is 10.1 Å². The smallest absolute Gasteiger partial charge is 0.288 e. The Morgan fingerprint density at radius 2 is 1.50 bits per heavy atom. The van der Waals surface area contributed by atoms with E-state index in [9.17, 15) is 10.1 Å². The van der Waals surface area contributed by atoms with Gasteiger partial charge in [0.15, 0.2) is 5.79 Å². The van der Waals surface area contributed by atoms with Gasteiger partial charge in [-0.15, -0.1) is 0 Å². The van der Waals surface area contributed by atoms with Crippen LogP contribution in [0.25, 0.3) is 0 Å². The van der Waals surface area contributed by atoms with Crippen molar-refractivity contribution < 1.29 is 19.1 Å². The second-order valence-electron chi connectivity index (χ2n) is 10.2. The van der Waals surface area contributed by atoms with Crippen LogP contribution < -0.4 is 0 Å². The molecule has 8 nitrogen and oxygen atoms in total. The third kappa shape index (κ3) is 5.71. The van der Waals surface area contributed by atoms with Crippen molar-refractivity contribution in [1.29, 1.82) is 0 Å². The first kappa shape index (κ1) is 25.9. The quantitative estimate of drug-likeness (QED) is 0.319. The molecule has 4 atom stereocenters. The standard InChI is InChI=1S/C30H33N3O5/c1-30(2)37-27-25(18-21-11-6-4-7-12-21)31-29(36-3)32(20-23-15-10-16-24(17-23)33(34)35)26(28(27)38-30)19-22-13-8-5-9-14-22/h4-17,25-28H,18-20H2,1-3H3/t25-,26-,27+,28+/m1/s1. The van der Waals surface area contributed by atoms with Crippen LogP contribution >= 0.6 is 0 Å². The summed E-state index contributed by atoms with van der Waals surface area (Å²) in [5, 5.41) is 11.5. The minimum absolute atomic E-state index is 0.0502. The highest BCUT2D eigenvalue weighted by Crippen LogP contribution is 2.38. The molecule has 2 aliphatic heterocycles. The molecule has 0 aliphatic carbocycles. The molecule has 38 heavy (non-hydrogen) atoms. The summed E-state index contributed by atoms with van der Waals surface area (Å²) in [6.07, 6.45) is 0.710. The van der Waals surface area contributed by atoms with E-state index >= 15 is 0 Å². The molecule has 0 saturated carbocycles. The molecule has 0 spiro atoms. The fraction of sp³-hybridized carbons (Fsp3) is 0.367. The van der Waals surface area contributed by atoms with E-state index in [0.717, 1.165) is 16.7 Å². The Balaban J connectivity index is 1.59. The van der Waals surface area contributed by atoms with Crippen LogP contribution in [-0.2, 0) is 33.6 Å². The summed E-state index contributed by atoms with van der Waals surface area (Å²) in [6, 6.07) is 27.2. The van der Waals surface area contributed by atoms with Gasteiger partial charge in [-0.2, -0.15) is 0 Å². The number of nitrogens with zero attached hydrogens (tertiary/aromatic N) is 3. The van der Waals surface area contributed by atoms with Gasteiger partial charge in [0.05, 0.1) is 24.1 Å². The minimum atomic E-state index is -0.781. The van der Waals surface area contributed by atoms with Gasteiger partial charge in [0, 0.05) is 18.7 Å². The number of hydrogen-bond acceptors (Lipinski definition) is 7. The van der Waals surface area contributed by atoms with Crippen molar-refractivity contribution in [2.45, 2.75) is 63.3 Å². The lowest BCUT2D eigenvalue weighted by Crippen LogP contribution is -2.51. The number of methoxy groups -OCH3 is 1. The molecule has 1 saturated heterocycles. The van der Waals surface area contributed by atoms with E-state index in [1.807, 2.05) is 56.3 Å². The van der Waals surface area contributed by atoms with Crippen LogP contribution in [0.2, 0.25) is 0 Å². The van der Waals surface area contributed by atoms with Gasteiger partial charge in [-0.3, -0.25) is 10.1 Å². The van der Waals surface area contributed by atoms with E-state index in [0.29, 0.717) is 25.4 Å². The maximum Gasteiger partial charge on any atom is 0.288 e. The van der Waals surface area contributed by atoms with Gasteiger partial charge >= 0.3 is 0 Å². The maximum absolute atomic E-state index is 11.5. The first-order chi connectivity index (χ1) is 18.3. The Labute approximate surface area is 223 Å². The average Bonchev–Trinajstić information content (AvgIpc) is 3.20. The maximum atomic E-state index is 11.5. The van der Waals surface area contributed by atoms with Crippen molar-refractivity contribution >= 4 is 11.7 Å².